The topological polar surface area (TPSA) is 43.8 Å². The molecule has 3 nitrogen and oxygen atoms in total. The van der Waals surface area contributed by atoms with Gasteiger partial charge in [-0.3, -0.25) is 4.57 Å². The molecule has 0 saturated carbocycles. The summed E-state index contributed by atoms with van der Waals surface area (Å²) in [5, 5.41) is 0. The molecule has 0 spiro atoms. The minimum atomic E-state index is -4.40. The average molecular weight is 291 g/mol. The molecule has 1 heterocycles. The second-order valence-electron chi connectivity index (χ2n) is 4.79. The fourth-order valence-electron chi connectivity index (χ4n) is 2.32. The van der Waals surface area contributed by atoms with Crippen LogP contribution in [0.25, 0.3) is 16.7 Å². The van der Waals surface area contributed by atoms with Gasteiger partial charge in [-0.1, -0.05) is 18.2 Å². The smallest absolute Gasteiger partial charge is 0.369 e. The Bertz CT molecular complexity index is 819. The van der Waals surface area contributed by atoms with Gasteiger partial charge < -0.3 is 5.73 Å². The van der Waals surface area contributed by atoms with E-state index < -0.39 is 11.7 Å². The quantitative estimate of drug-likeness (QED) is 0.738. The molecule has 0 radical (unpaired) electrons. The first kappa shape index (κ1) is 13.5. The largest absolute Gasteiger partial charge is 0.416 e. The second kappa shape index (κ2) is 4.51. The molecule has 0 aliphatic carbocycles. The van der Waals surface area contributed by atoms with Crippen LogP contribution in [0, 0.1) is 6.92 Å². The molecule has 21 heavy (non-hydrogen) atoms. The van der Waals surface area contributed by atoms with E-state index in [4.69, 9.17) is 5.73 Å². The summed E-state index contributed by atoms with van der Waals surface area (Å²) in [6.07, 6.45) is -4.40. The summed E-state index contributed by atoms with van der Waals surface area (Å²) in [5.74, 6) is 0.165. The third-order valence-electron chi connectivity index (χ3n) is 3.36. The summed E-state index contributed by atoms with van der Waals surface area (Å²) in [7, 11) is 0. The molecule has 0 atom stereocenters. The van der Waals surface area contributed by atoms with Gasteiger partial charge in [0.15, 0.2) is 0 Å². The molecule has 6 heteroatoms. The number of benzene rings is 2. The van der Waals surface area contributed by atoms with Crippen molar-refractivity contribution in [2.45, 2.75) is 13.1 Å². The van der Waals surface area contributed by atoms with Crippen molar-refractivity contribution in [3.8, 4) is 5.69 Å². The monoisotopic (exact) mass is 291 g/mol. The third-order valence-corrected chi connectivity index (χ3v) is 3.36. The van der Waals surface area contributed by atoms with Gasteiger partial charge in [0.05, 0.1) is 22.3 Å². The Balaban J connectivity index is 2.30. The molecule has 2 N–H and O–H groups in total. The molecule has 0 bridgehead atoms. The number of hydrogen-bond acceptors (Lipinski definition) is 2. The molecular formula is C15H12F3N3. The number of halogens is 3. The highest BCUT2D eigenvalue weighted by atomic mass is 19.4. The first-order valence-electron chi connectivity index (χ1n) is 6.29. The van der Waals surface area contributed by atoms with E-state index >= 15 is 0 Å². The summed E-state index contributed by atoms with van der Waals surface area (Å²) in [6.45, 7) is 1.74. The lowest BCUT2D eigenvalue weighted by Crippen LogP contribution is -2.08. The molecule has 108 valence electrons. The number of nitrogens with zero attached hydrogens (tertiary/aromatic N) is 2. The lowest BCUT2D eigenvalue weighted by molar-refractivity contribution is -0.137. The minimum absolute atomic E-state index is 0.165. The number of nitrogens with two attached hydrogens (primary N) is 1. The van der Waals surface area contributed by atoms with Crippen molar-refractivity contribution in [1.82, 2.24) is 9.55 Å². The molecule has 0 saturated heterocycles. The number of alkyl halides is 3. The van der Waals surface area contributed by atoms with Crippen molar-refractivity contribution in [3.05, 3.63) is 53.6 Å². The van der Waals surface area contributed by atoms with Crippen LogP contribution in [0.2, 0.25) is 0 Å². The van der Waals surface area contributed by atoms with E-state index in [2.05, 4.69) is 4.98 Å². The fraction of sp³-hybridized carbons (Fsp3) is 0.133. The molecule has 3 aromatic rings. The van der Waals surface area contributed by atoms with Gasteiger partial charge in [-0.15, -0.1) is 0 Å². The summed E-state index contributed by atoms with van der Waals surface area (Å²) in [6, 6.07) is 10.7. The Morgan fingerprint density at radius 2 is 1.81 bits per heavy atom. The summed E-state index contributed by atoms with van der Waals surface area (Å²) in [4.78, 5) is 4.18. The Morgan fingerprint density at radius 3 is 2.52 bits per heavy atom. The predicted octanol–water partition coefficient (Wildman–Crippen LogP) is 3.93. The van der Waals surface area contributed by atoms with Crippen molar-refractivity contribution in [2.24, 2.45) is 0 Å². The molecule has 3 rings (SSSR count). The van der Waals surface area contributed by atoms with Crippen LogP contribution in [-0.4, -0.2) is 9.55 Å². The SMILES string of the molecule is Cc1ccc(C(F)(F)F)cc1-n1c(N)nc2ccccc21. The highest BCUT2D eigenvalue weighted by molar-refractivity contribution is 5.81. The van der Waals surface area contributed by atoms with Crippen molar-refractivity contribution in [3.63, 3.8) is 0 Å². The maximum atomic E-state index is 12.9. The molecule has 0 aliphatic heterocycles. The average Bonchev–Trinajstić information content (AvgIpc) is 2.74. The van der Waals surface area contributed by atoms with Crippen LogP contribution in [0.3, 0.4) is 0 Å². The van der Waals surface area contributed by atoms with E-state index in [0.29, 0.717) is 22.3 Å². The first-order valence-corrected chi connectivity index (χ1v) is 6.29. The Morgan fingerprint density at radius 1 is 1.10 bits per heavy atom. The van der Waals surface area contributed by atoms with E-state index in [-0.39, 0.29) is 5.95 Å². The van der Waals surface area contributed by atoms with Crippen LogP contribution in [0.4, 0.5) is 19.1 Å². The number of aromatic nitrogens is 2. The van der Waals surface area contributed by atoms with E-state index in [1.165, 1.54) is 6.07 Å². The number of rotatable bonds is 1. The van der Waals surface area contributed by atoms with Gasteiger partial charge in [0, 0.05) is 0 Å². The number of hydrogen-bond donors (Lipinski definition) is 1. The van der Waals surface area contributed by atoms with Crippen LogP contribution in [-0.2, 0) is 6.18 Å². The van der Waals surface area contributed by atoms with Crippen molar-refractivity contribution < 1.29 is 13.2 Å². The van der Waals surface area contributed by atoms with Gasteiger partial charge >= 0.3 is 6.18 Å². The normalized spacial score (nSPS) is 12.0. The van der Waals surface area contributed by atoms with Crippen LogP contribution < -0.4 is 5.73 Å². The van der Waals surface area contributed by atoms with Crippen molar-refractivity contribution in [1.29, 1.82) is 0 Å². The van der Waals surface area contributed by atoms with Gasteiger partial charge in [-0.25, -0.2) is 4.98 Å². The lowest BCUT2D eigenvalue weighted by Gasteiger charge is -2.13. The van der Waals surface area contributed by atoms with E-state index in [9.17, 15) is 13.2 Å². The second-order valence-corrected chi connectivity index (χ2v) is 4.79. The highest BCUT2D eigenvalue weighted by Gasteiger charge is 2.31. The zero-order valence-electron chi connectivity index (χ0n) is 11.1. The zero-order chi connectivity index (χ0) is 15.2. The Kier molecular flexibility index (Phi) is 2.90. The van der Waals surface area contributed by atoms with Crippen molar-refractivity contribution >= 4 is 17.0 Å². The molecule has 0 unspecified atom stereocenters. The van der Waals surface area contributed by atoms with E-state index in [1.807, 2.05) is 0 Å². The zero-order valence-corrected chi connectivity index (χ0v) is 11.1. The molecule has 1 aromatic heterocycles. The third kappa shape index (κ3) is 2.22. The maximum Gasteiger partial charge on any atom is 0.416 e. The van der Waals surface area contributed by atoms with Gasteiger partial charge in [0.25, 0.3) is 0 Å². The lowest BCUT2D eigenvalue weighted by atomic mass is 10.1. The van der Waals surface area contributed by atoms with E-state index in [0.717, 1.165) is 12.1 Å². The van der Waals surface area contributed by atoms with E-state index in [1.54, 1.807) is 35.8 Å². The summed E-state index contributed by atoms with van der Waals surface area (Å²) < 4.78 is 40.2. The molecule has 0 fully saturated rings. The number of aryl methyl sites for hydroxylation is 1. The van der Waals surface area contributed by atoms with Crippen LogP contribution in [0.1, 0.15) is 11.1 Å². The highest BCUT2D eigenvalue weighted by Crippen LogP contribution is 2.33. The Labute approximate surface area is 118 Å². The molecular weight excluding hydrogens is 279 g/mol. The standard InChI is InChI=1S/C15H12F3N3/c1-9-6-7-10(15(16,17)18)8-13(9)21-12-5-3-2-4-11(12)20-14(21)19/h2-8H,1H3,(H2,19,20). The van der Waals surface area contributed by atoms with Gasteiger partial charge in [0.1, 0.15) is 0 Å². The fourth-order valence-corrected chi connectivity index (χ4v) is 2.32. The van der Waals surface area contributed by atoms with Crippen LogP contribution in [0.5, 0.6) is 0 Å². The summed E-state index contributed by atoms with van der Waals surface area (Å²) in [5.41, 5.74) is 7.58. The number of fused-ring (bicyclic) bond motifs is 1. The number of anilines is 1. The number of para-hydroxylation sites is 2. The summed E-state index contributed by atoms with van der Waals surface area (Å²) >= 11 is 0. The van der Waals surface area contributed by atoms with Crippen LogP contribution >= 0.6 is 0 Å². The molecule has 0 aliphatic rings. The number of nitrogen functional groups attached to an aromatic ring is 1. The van der Waals surface area contributed by atoms with Crippen molar-refractivity contribution in [2.75, 3.05) is 5.73 Å². The number of imidazole rings is 1. The Hall–Kier alpha value is -2.50. The van der Waals surface area contributed by atoms with Gasteiger partial charge in [0.2, 0.25) is 5.95 Å². The predicted molar refractivity (Wildman–Crippen MR) is 75.2 cm³/mol. The van der Waals surface area contributed by atoms with Gasteiger partial charge in [-0.05, 0) is 36.8 Å². The molecule has 0 amide bonds. The van der Waals surface area contributed by atoms with Gasteiger partial charge in [-0.2, -0.15) is 13.2 Å². The molecule has 2 aromatic carbocycles. The maximum absolute atomic E-state index is 12.9. The first-order chi connectivity index (χ1) is 9.88. The van der Waals surface area contributed by atoms with Crippen LogP contribution in [0.15, 0.2) is 42.5 Å². The minimum Gasteiger partial charge on any atom is -0.369 e.